The summed E-state index contributed by atoms with van der Waals surface area (Å²) in [6.07, 6.45) is -0.0474. The summed E-state index contributed by atoms with van der Waals surface area (Å²) in [7, 11) is 0. The van der Waals surface area contributed by atoms with Crippen LogP contribution in [0.5, 0.6) is 0 Å². The first-order valence-corrected chi connectivity index (χ1v) is 6.35. The Kier molecular flexibility index (Phi) is 4.70. The van der Waals surface area contributed by atoms with Gasteiger partial charge in [0.2, 0.25) is 5.91 Å². The van der Waals surface area contributed by atoms with Gasteiger partial charge in [-0.3, -0.25) is 9.59 Å². The molecule has 104 valence electrons. The van der Waals surface area contributed by atoms with E-state index in [1.807, 2.05) is 18.2 Å². The lowest BCUT2D eigenvalue weighted by molar-refractivity contribution is -0.148. The number of benzene rings is 1. The van der Waals surface area contributed by atoms with Crippen LogP contribution < -0.4 is 5.32 Å². The van der Waals surface area contributed by atoms with Gasteiger partial charge in [-0.15, -0.1) is 0 Å². The summed E-state index contributed by atoms with van der Waals surface area (Å²) in [5.74, 6) is -0.876. The zero-order valence-corrected chi connectivity index (χ0v) is 11.9. The molecule has 0 fully saturated rings. The summed E-state index contributed by atoms with van der Waals surface area (Å²) < 4.78 is 0. The Hall–Kier alpha value is -1.84. The molecule has 4 nitrogen and oxygen atoms in total. The number of anilines is 1. The Labute approximate surface area is 113 Å². The van der Waals surface area contributed by atoms with E-state index in [2.05, 4.69) is 19.2 Å². The van der Waals surface area contributed by atoms with Gasteiger partial charge in [0, 0.05) is 12.1 Å². The van der Waals surface area contributed by atoms with Crippen LogP contribution in [0.3, 0.4) is 0 Å². The Morgan fingerprint density at radius 1 is 1.32 bits per heavy atom. The van der Waals surface area contributed by atoms with Crippen molar-refractivity contribution in [2.45, 2.75) is 40.0 Å². The lowest BCUT2D eigenvalue weighted by Crippen LogP contribution is -2.29. The van der Waals surface area contributed by atoms with Crippen LogP contribution in [-0.2, 0) is 9.59 Å². The van der Waals surface area contributed by atoms with Gasteiger partial charge in [-0.1, -0.05) is 26.0 Å². The number of carboxylic acids is 1. The number of aliphatic carboxylic acids is 1. The Bertz CT molecular complexity index is 478. The average Bonchev–Trinajstić information content (AvgIpc) is 2.28. The first-order valence-electron chi connectivity index (χ1n) is 6.35. The van der Waals surface area contributed by atoms with Crippen LogP contribution in [0.4, 0.5) is 5.69 Å². The topological polar surface area (TPSA) is 66.4 Å². The average molecular weight is 263 g/mol. The van der Waals surface area contributed by atoms with Gasteiger partial charge in [-0.05, 0) is 37.5 Å². The van der Waals surface area contributed by atoms with Crippen molar-refractivity contribution in [3.8, 4) is 0 Å². The van der Waals surface area contributed by atoms with E-state index in [0.29, 0.717) is 11.6 Å². The third kappa shape index (κ3) is 4.39. The summed E-state index contributed by atoms with van der Waals surface area (Å²) in [4.78, 5) is 22.8. The molecule has 0 spiro atoms. The number of rotatable bonds is 5. The van der Waals surface area contributed by atoms with Crippen molar-refractivity contribution in [2.24, 2.45) is 5.41 Å². The van der Waals surface area contributed by atoms with E-state index in [1.165, 1.54) is 0 Å². The first kappa shape index (κ1) is 15.2. The largest absolute Gasteiger partial charge is 0.481 e. The van der Waals surface area contributed by atoms with Crippen LogP contribution >= 0.6 is 0 Å². The quantitative estimate of drug-likeness (QED) is 0.857. The van der Waals surface area contributed by atoms with Crippen LogP contribution in [0, 0.1) is 5.41 Å². The fraction of sp³-hybridized carbons (Fsp3) is 0.467. The van der Waals surface area contributed by atoms with E-state index in [4.69, 9.17) is 5.11 Å². The SMILES string of the molecule is CC(C)c1cccc(NC(=O)CC(C)(C)C(=O)O)c1. The van der Waals surface area contributed by atoms with Gasteiger partial charge in [-0.25, -0.2) is 0 Å². The van der Waals surface area contributed by atoms with Gasteiger partial charge in [0.05, 0.1) is 5.41 Å². The Morgan fingerprint density at radius 2 is 1.95 bits per heavy atom. The number of nitrogens with one attached hydrogen (secondary N) is 1. The van der Waals surface area contributed by atoms with Gasteiger partial charge >= 0.3 is 5.97 Å². The smallest absolute Gasteiger partial charge is 0.309 e. The summed E-state index contributed by atoms with van der Waals surface area (Å²) >= 11 is 0. The van der Waals surface area contributed by atoms with Gasteiger partial charge in [0.15, 0.2) is 0 Å². The van der Waals surface area contributed by atoms with Gasteiger partial charge in [0.25, 0.3) is 0 Å². The van der Waals surface area contributed by atoms with Crippen LogP contribution in [0.2, 0.25) is 0 Å². The molecule has 0 saturated carbocycles. The molecule has 0 aliphatic rings. The van der Waals surface area contributed by atoms with E-state index in [1.54, 1.807) is 19.9 Å². The molecule has 4 heteroatoms. The molecule has 0 aromatic heterocycles. The minimum Gasteiger partial charge on any atom is -0.481 e. The van der Waals surface area contributed by atoms with E-state index in [0.717, 1.165) is 5.56 Å². The van der Waals surface area contributed by atoms with E-state index in [-0.39, 0.29) is 12.3 Å². The molecule has 0 heterocycles. The summed E-state index contributed by atoms with van der Waals surface area (Å²) in [5, 5.41) is 11.7. The number of hydrogen-bond acceptors (Lipinski definition) is 2. The monoisotopic (exact) mass is 263 g/mol. The van der Waals surface area contributed by atoms with Crippen LogP contribution in [0.25, 0.3) is 0 Å². The first-order chi connectivity index (χ1) is 8.72. The molecule has 1 aromatic rings. The van der Waals surface area contributed by atoms with Crippen molar-refractivity contribution < 1.29 is 14.7 Å². The van der Waals surface area contributed by atoms with E-state index < -0.39 is 11.4 Å². The fourth-order valence-corrected chi connectivity index (χ4v) is 1.66. The standard InChI is InChI=1S/C15H21NO3/c1-10(2)11-6-5-7-12(8-11)16-13(17)9-15(3,4)14(18)19/h5-8,10H,9H2,1-4H3,(H,16,17)(H,18,19). The number of carbonyl (C=O) groups is 2. The van der Waals surface area contributed by atoms with Crippen molar-refractivity contribution in [1.82, 2.24) is 0 Å². The van der Waals surface area contributed by atoms with Crippen molar-refractivity contribution >= 4 is 17.6 Å². The highest BCUT2D eigenvalue weighted by atomic mass is 16.4. The molecule has 0 atom stereocenters. The second-order valence-electron chi connectivity index (χ2n) is 5.69. The predicted molar refractivity (Wildman–Crippen MR) is 75.2 cm³/mol. The van der Waals surface area contributed by atoms with Crippen LogP contribution in [0.1, 0.15) is 45.6 Å². The summed E-state index contributed by atoms with van der Waals surface area (Å²) in [5.41, 5.74) is 0.785. The number of hydrogen-bond donors (Lipinski definition) is 2. The highest BCUT2D eigenvalue weighted by Crippen LogP contribution is 2.22. The molecule has 2 N–H and O–H groups in total. The zero-order valence-electron chi connectivity index (χ0n) is 11.9. The number of carboxylic acid groups (broad SMARTS) is 1. The van der Waals surface area contributed by atoms with Crippen LogP contribution in [-0.4, -0.2) is 17.0 Å². The molecular weight excluding hydrogens is 242 g/mol. The predicted octanol–water partition coefficient (Wildman–Crippen LogP) is 3.25. The highest BCUT2D eigenvalue weighted by Gasteiger charge is 2.30. The molecule has 0 bridgehead atoms. The molecule has 1 rings (SSSR count). The van der Waals surface area contributed by atoms with E-state index in [9.17, 15) is 9.59 Å². The van der Waals surface area contributed by atoms with Crippen molar-refractivity contribution in [2.75, 3.05) is 5.32 Å². The minimum atomic E-state index is -1.06. The molecule has 0 unspecified atom stereocenters. The number of amides is 1. The second kappa shape index (κ2) is 5.87. The maximum absolute atomic E-state index is 11.8. The Morgan fingerprint density at radius 3 is 2.47 bits per heavy atom. The lowest BCUT2D eigenvalue weighted by atomic mass is 9.89. The van der Waals surface area contributed by atoms with Crippen molar-refractivity contribution in [3.05, 3.63) is 29.8 Å². The lowest BCUT2D eigenvalue weighted by Gasteiger charge is -2.18. The van der Waals surface area contributed by atoms with Crippen molar-refractivity contribution in [1.29, 1.82) is 0 Å². The zero-order chi connectivity index (χ0) is 14.6. The molecule has 0 aliphatic carbocycles. The van der Waals surface area contributed by atoms with Crippen LogP contribution in [0.15, 0.2) is 24.3 Å². The maximum Gasteiger partial charge on any atom is 0.309 e. The molecule has 0 aliphatic heterocycles. The molecule has 0 saturated heterocycles. The van der Waals surface area contributed by atoms with Gasteiger partial charge in [0.1, 0.15) is 0 Å². The fourth-order valence-electron chi connectivity index (χ4n) is 1.66. The normalized spacial score (nSPS) is 11.4. The molecule has 19 heavy (non-hydrogen) atoms. The van der Waals surface area contributed by atoms with E-state index >= 15 is 0 Å². The van der Waals surface area contributed by atoms with Gasteiger partial charge in [-0.2, -0.15) is 0 Å². The number of carbonyl (C=O) groups excluding carboxylic acids is 1. The van der Waals surface area contributed by atoms with Gasteiger partial charge < -0.3 is 10.4 Å². The molecule has 1 amide bonds. The minimum absolute atomic E-state index is 0.0474. The second-order valence-corrected chi connectivity index (χ2v) is 5.69. The Balaban J connectivity index is 2.72. The maximum atomic E-state index is 11.8. The molecule has 0 radical (unpaired) electrons. The highest BCUT2D eigenvalue weighted by molar-refractivity contribution is 5.94. The third-order valence-electron chi connectivity index (χ3n) is 3.02. The summed E-state index contributed by atoms with van der Waals surface area (Å²) in [6.45, 7) is 7.24. The molecular formula is C15H21NO3. The van der Waals surface area contributed by atoms with Crippen molar-refractivity contribution in [3.63, 3.8) is 0 Å². The summed E-state index contributed by atoms with van der Waals surface area (Å²) in [6, 6.07) is 7.60. The molecule has 1 aromatic carbocycles. The third-order valence-corrected chi connectivity index (χ3v) is 3.02.